The van der Waals surface area contributed by atoms with Crippen LogP contribution >= 0.6 is 11.6 Å². The second kappa shape index (κ2) is 5.99. The number of methoxy groups -OCH3 is 1. The Labute approximate surface area is 117 Å². The van der Waals surface area contributed by atoms with Crippen molar-refractivity contribution in [2.45, 2.75) is 20.0 Å². The number of furan rings is 1. The van der Waals surface area contributed by atoms with E-state index in [4.69, 9.17) is 20.8 Å². The Kier molecular flexibility index (Phi) is 4.35. The molecule has 1 aromatic carbocycles. The van der Waals surface area contributed by atoms with Gasteiger partial charge in [-0.1, -0.05) is 11.6 Å². The van der Waals surface area contributed by atoms with Crippen LogP contribution in [0.5, 0.6) is 11.5 Å². The number of phenols is 1. The van der Waals surface area contributed by atoms with Crippen LogP contribution in [0.15, 0.2) is 28.7 Å². The molecule has 0 fully saturated rings. The van der Waals surface area contributed by atoms with E-state index in [2.05, 4.69) is 5.32 Å². The lowest BCUT2D eigenvalue weighted by atomic mass is 10.2. The number of ether oxygens (including phenoxy) is 1. The number of aryl methyl sites for hydroxylation is 1. The van der Waals surface area contributed by atoms with E-state index in [1.165, 1.54) is 7.11 Å². The lowest BCUT2D eigenvalue weighted by Gasteiger charge is -2.10. The Morgan fingerprint density at radius 1 is 1.32 bits per heavy atom. The van der Waals surface area contributed by atoms with Gasteiger partial charge in [0.05, 0.1) is 13.7 Å². The van der Waals surface area contributed by atoms with Crippen LogP contribution in [0.25, 0.3) is 0 Å². The van der Waals surface area contributed by atoms with Crippen molar-refractivity contribution in [1.82, 2.24) is 5.32 Å². The number of hydrogen-bond donors (Lipinski definition) is 2. The van der Waals surface area contributed by atoms with E-state index in [0.29, 0.717) is 29.4 Å². The molecule has 1 heterocycles. The van der Waals surface area contributed by atoms with Gasteiger partial charge in [-0.15, -0.1) is 0 Å². The van der Waals surface area contributed by atoms with Gasteiger partial charge in [-0.2, -0.15) is 0 Å². The average Bonchev–Trinajstić information content (AvgIpc) is 2.79. The molecule has 0 amide bonds. The Morgan fingerprint density at radius 2 is 2.11 bits per heavy atom. The van der Waals surface area contributed by atoms with Crippen molar-refractivity contribution in [3.05, 3.63) is 46.4 Å². The zero-order chi connectivity index (χ0) is 13.8. The zero-order valence-corrected chi connectivity index (χ0v) is 11.6. The highest BCUT2D eigenvalue weighted by molar-refractivity contribution is 6.30. The number of aromatic hydroxyl groups is 1. The van der Waals surface area contributed by atoms with Crippen LogP contribution < -0.4 is 10.1 Å². The second-order valence-corrected chi connectivity index (χ2v) is 4.67. The van der Waals surface area contributed by atoms with E-state index >= 15 is 0 Å². The monoisotopic (exact) mass is 281 g/mol. The zero-order valence-electron chi connectivity index (χ0n) is 10.9. The summed E-state index contributed by atoms with van der Waals surface area (Å²) in [6, 6.07) is 7.12. The molecule has 0 radical (unpaired) electrons. The number of phenolic OH excluding ortho intramolecular Hbond substituents is 1. The molecule has 0 saturated carbocycles. The summed E-state index contributed by atoms with van der Waals surface area (Å²) in [5.41, 5.74) is 0.688. The third kappa shape index (κ3) is 3.43. The SMILES string of the molecule is COc1cc(Cl)cc(CNCc2ccc(C)o2)c1O. The first-order chi connectivity index (χ1) is 9.10. The molecular weight excluding hydrogens is 266 g/mol. The summed E-state index contributed by atoms with van der Waals surface area (Å²) in [6.45, 7) is 2.96. The maximum Gasteiger partial charge on any atom is 0.162 e. The van der Waals surface area contributed by atoms with Crippen LogP contribution in [0.4, 0.5) is 0 Å². The largest absolute Gasteiger partial charge is 0.504 e. The first-order valence-electron chi connectivity index (χ1n) is 5.91. The summed E-state index contributed by atoms with van der Waals surface area (Å²) < 4.78 is 10.5. The number of rotatable bonds is 5. The molecule has 5 heteroatoms. The number of nitrogens with one attached hydrogen (secondary N) is 1. The van der Waals surface area contributed by atoms with Crippen LogP contribution in [0.3, 0.4) is 0 Å². The van der Waals surface area contributed by atoms with Crippen molar-refractivity contribution >= 4 is 11.6 Å². The third-order valence-electron chi connectivity index (χ3n) is 2.75. The lowest BCUT2D eigenvalue weighted by Crippen LogP contribution is -2.12. The van der Waals surface area contributed by atoms with E-state index in [-0.39, 0.29) is 5.75 Å². The molecule has 0 bridgehead atoms. The quantitative estimate of drug-likeness (QED) is 0.883. The summed E-state index contributed by atoms with van der Waals surface area (Å²) in [5, 5.41) is 13.7. The molecule has 1 aromatic heterocycles. The fourth-order valence-corrected chi connectivity index (χ4v) is 2.05. The molecule has 0 saturated heterocycles. The average molecular weight is 282 g/mol. The molecule has 0 atom stereocenters. The Morgan fingerprint density at radius 3 is 2.74 bits per heavy atom. The van der Waals surface area contributed by atoms with Crippen molar-refractivity contribution in [3.8, 4) is 11.5 Å². The van der Waals surface area contributed by atoms with Gasteiger partial charge in [-0.25, -0.2) is 0 Å². The van der Waals surface area contributed by atoms with Gasteiger partial charge in [0.2, 0.25) is 0 Å². The van der Waals surface area contributed by atoms with E-state index in [1.54, 1.807) is 12.1 Å². The minimum Gasteiger partial charge on any atom is -0.504 e. The minimum atomic E-state index is 0.107. The van der Waals surface area contributed by atoms with Gasteiger partial charge in [-0.3, -0.25) is 0 Å². The van der Waals surface area contributed by atoms with Crippen molar-refractivity contribution in [3.63, 3.8) is 0 Å². The standard InChI is InChI=1S/C14H16ClNO3/c1-9-3-4-12(19-9)8-16-7-10-5-11(15)6-13(18-2)14(10)17/h3-6,16-17H,7-8H2,1-2H3. The summed E-state index contributed by atoms with van der Waals surface area (Å²) in [6.07, 6.45) is 0. The summed E-state index contributed by atoms with van der Waals surface area (Å²) in [4.78, 5) is 0. The topological polar surface area (TPSA) is 54.6 Å². The first kappa shape index (κ1) is 13.8. The van der Waals surface area contributed by atoms with Crippen molar-refractivity contribution in [1.29, 1.82) is 0 Å². The molecule has 0 aliphatic rings. The fraction of sp³-hybridized carbons (Fsp3) is 0.286. The van der Waals surface area contributed by atoms with Gasteiger partial charge in [-0.05, 0) is 25.1 Å². The van der Waals surface area contributed by atoms with E-state index in [0.717, 1.165) is 11.5 Å². The smallest absolute Gasteiger partial charge is 0.162 e. The molecule has 4 nitrogen and oxygen atoms in total. The van der Waals surface area contributed by atoms with Crippen molar-refractivity contribution in [2.24, 2.45) is 0 Å². The second-order valence-electron chi connectivity index (χ2n) is 4.23. The molecular formula is C14H16ClNO3. The van der Waals surface area contributed by atoms with Crippen molar-refractivity contribution < 1.29 is 14.3 Å². The number of hydrogen-bond acceptors (Lipinski definition) is 4. The first-order valence-corrected chi connectivity index (χ1v) is 6.29. The van der Waals surface area contributed by atoms with Crippen LogP contribution in [-0.2, 0) is 13.1 Å². The molecule has 0 aliphatic carbocycles. The lowest BCUT2D eigenvalue weighted by molar-refractivity contribution is 0.369. The Balaban J connectivity index is 2.01. The van der Waals surface area contributed by atoms with E-state index in [1.807, 2.05) is 19.1 Å². The predicted octanol–water partition coefficient (Wildman–Crippen LogP) is 3.25. The highest BCUT2D eigenvalue weighted by Crippen LogP contribution is 2.33. The Hall–Kier alpha value is -1.65. The molecule has 2 rings (SSSR count). The molecule has 19 heavy (non-hydrogen) atoms. The normalized spacial score (nSPS) is 10.7. The van der Waals surface area contributed by atoms with Crippen molar-refractivity contribution in [2.75, 3.05) is 7.11 Å². The van der Waals surface area contributed by atoms with Gasteiger partial charge in [0.1, 0.15) is 11.5 Å². The van der Waals surface area contributed by atoms with Gasteiger partial charge in [0.15, 0.2) is 11.5 Å². The summed E-state index contributed by atoms with van der Waals surface area (Å²) in [5.74, 6) is 2.21. The van der Waals surface area contributed by atoms with Gasteiger partial charge in [0.25, 0.3) is 0 Å². The Bertz CT molecular complexity index is 566. The van der Waals surface area contributed by atoms with Gasteiger partial charge in [0, 0.05) is 23.2 Å². The highest BCUT2D eigenvalue weighted by atomic mass is 35.5. The molecule has 0 unspecified atom stereocenters. The molecule has 0 spiro atoms. The van der Waals surface area contributed by atoms with Crippen LogP contribution in [0.2, 0.25) is 5.02 Å². The number of halogens is 1. The highest BCUT2D eigenvalue weighted by Gasteiger charge is 2.10. The molecule has 102 valence electrons. The molecule has 0 aliphatic heterocycles. The fourth-order valence-electron chi connectivity index (χ4n) is 1.82. The summed E-state index contributed by atoms with van der Waals surface area (Å²) >= 11 is 5.96. The van der Waals surface area contributed by atoms with E-state index < -0.39 is 0 Å². The number of benzene rings is 1. The maximum atomic E-state index is 9.97. The maximum absolute atomic E-state index is 9.97. The van der Waals surface area contributed by atoms with Crippen LogP contribution in [-0.4, -0.2) is 12.2 Å². The third-order valence-corrected chi connectivity index (χ3v) is 2.97. The van der Waals surface area contributed by atoms with Gasteiger partial charge < -0.3 is 19.6 Å². The predicted molar refractivity (Wildman–Crippen MR) is 73.7 cm³/mol. The minimum absolute atomic E-state index is 0.107. The molecule has 2 N–H and O–H groups in total. The van der Waals surface area contributed by atoms with Gasteiger partial charge >= 0.3 is 0 Å². The van der Waals surface area contributed by atoms with E-state index in [9.17, 15) is 5.11 Å². The molecule has 2 aromatic rings. The summed E-state index contributed by atoms with van der Waals surface area (Å²) in [7, 11) is 1.49. The van der Waals surface area contributed by atoms with Crippen LogP contribution in [0, 0.1) is 6.92 Å². The van der Waals surface area contributed by atoms with Crippen LogP contribution in [0.1, 0.15) is 17.1 Å².